The van der Waals surface area contributed by atoms with E-state index in [-0.39, 0.29) is 0 Å². The Labute approximate surface area is 107 Å². The second kappa shape index (κ2) is 6.17. The van der Waals surface area contributed by atoms with Gasteiger partial charge in [0.15, 0.2) is 0 Å². The molecule has 0 spiro atoms. The Kier molecular flexibility index (Phi) is 4.83. The molecule has 0 radical (unpaired) electrons. The molecule has 0 amide bonds. The van der Waals surface area contributed by atoms with Gasteiger partial charge in [0.2, 0.25) is 0 Å². The minimum Gasteiger partial charge on any atom is -0.312 e. The normalized spacial score (nSPS) is 31.8. The summed E-state index contributed by atoms with van der Waals surface area (Å²) in [4.78, 5) is 5.16. The van der Waals surface area contributed by atoms with Crippen LogP contribution in [0.1, 0.15) is 33.6 Å². The second-order valence-electron chi connectivity index (χ2n) is 6.03. The summed E-state index contributed by atoms with van der Waals surface area (Å²) in [6.45, 7) is 14.5. The van der Waals surface area contributed by atoms with Crippen molar-refractivity contribution in [1.82, 2.24) is 15.1 Å². The van der Waals surface area contributed by atoms with E-state index in [1.807, 2.05) is 0 Å². The number of rotatable bonds is 5. The van der Waals surface area contributed by atoms with Gasteiger partial charge in [-0.2, -0.15) is 0 Å². The highest BCUT2D eigenvalue weighted by molar-refractivity contribution is 4.85. The molecule has 1 N–H and O–H groups in total. The van der Waals surface area contributed by atoms with Crippen molar-refractivity contribution in [3.05, 3.63) is 0 Å². The van der Waals surface area contributed by atoms with Crippen molar-refractivity contribution in [2.45, 2.75) is 45.7 Å². The van der Waals surface area contributed by atoms with Gasteiger partial charge in [-0.25, -0.2) is 0 Å². The Morgan fingerprint density at radius 2 is 2.00 bits per heavy atom. The van der Waals surface area contributed by atoms with Crippen LogP contribution in [0, 0.1) is 5.92 Å². The van der Waals surface area contributed by atoms with Gasteiger partial charge in [0.25, 0.3) is 0 Å². The zero-order valence-electron chi connectivity index (χ0n) is 11.8. The summed E-state index contributed by atoms with van der Waals surface area (Å²) in [5.74, 6) is 0.892. The lowest BCUT2D eigenvalue weighted by Crippen LogP contribution is -2.38. The fourth-order valence-corrected chi connectivity index (χ4v) is 3.12. The molecule has 0 aromatic rings. The lowest BCUT2D eigenvalue weighted by molar-refractivity contribution is 0.266. The number of hydrogen-bond acceptors (Lipinski definition) is 3. The summed E-state index contributed by atoms with van der Waals surface area (Å²) >= 11 is 0. The van der Waals surface area contributed by atoms with Gasteiger partial charge in [0, 0.05) is 25.2 Å². The second-order valence-corrected chi connectivity index (χ2v) is 6.03. The summed E-state index contributed by atoms with van der Waals surface area (Å²) in [6, 6.07) is 1.46. The molecule has 2 fully saturated rings. The van der Waals surface area contributed by atoms with E-state index in [0.717, 1.165) is 12.0 Å². The minimum atomic E-state index is 0.712. The molecule has 2 rings (SSSR count). The third-order valence-electron chi connectivity index (χ3n) is 4.46. The third-order valence-corrected chi connectivity index (χ3v) is 4.46. The van der Waals surface area contributed by atoms with E-state index < -0.39 is 0 Å². The van der Waals surface area contributed by atoms with Crippen molar-refractivity contribution in [2.24, 2.45) is 5.92 Å². The van der Waals surface area contributed by atoms with E-state index in [2.05, 4.69) is 35.9 Å². The van der Waals surface area contributed by atoms with Crippen LogP contribution >= 0.6 is 0 Å². The van der Waals surface area contributed by atoms with Gasteiger partial charge in [-0.3, -0.25) is 4.90 Å². The quantitative estimate of drug-likeness (QED) is 0.782. The molecule has 2 aliphatic heterocycles. The zero-order chi connectivity index (χ0) is 12.3. The lowest BCUT2D eigenvalue weighted by atomic mass is 10.1. The standard InChI is InChI=1S/C14H29N3/c1-4-16-7-5-13(10-16)9-15-14-6-8-17(11-14)12(2)3/h12-15H,4-11H2,1-3H3. The largest absolute Gasteiger partial charge is 0.312 e. The fourth-order valence-electron chi connectivity index (χ4n) is 3.12. The highest BCUT2D eigenvalue weighted by Crippen LogP contribution is 2.17. The first-order valence-corrected chi connectivity index (χ1v) is 7.38. The van der Waals surface area contributed by atoms with E-state index in [4.69, 9.17) is 0 Å². The smallest absolute Gasteiger partial charge is 0.0207 e. The Balaban J connectivity index is 1.63. The van der Waals surface area contributed by atoms with Crippen molar-refractivity contribution >= 4 is 0 Å². The predicted molar refractivity (Wildman–Crippen MR) is 73.3 cm³/mol. The maximum atomic E-state index is 3.78. The molecule has 0 aromatic heterocycles. The van der Waals surface area contributed by atoms with E-state index in [0.29, 0.717) is 6.04 Å². The van der Waals surface area contributed by atoms with Gasteiger partial charge >= 0.3 is 0 Å². The predicted octanol–water partition coefficient (Wildman–Crippen LogP) is 1.40. The van der Waals surface area contributed by atoms with Crippen LogP contribution in [0.2, 0.25) is 0 Å². The van der Waals surface area contributed by atoms with Crippen molar-refractivity contribution in [3.63, 3.8) is 0 Å². The third kappa shape index (κ3) is 3.67. The van der Waals surface area contributed by atoms with Gasteiger partial charge in [-0.05, 0) is 58.8 Å². The van der Waals surface area contributed by atoms with Crippen molar-refractivity contribution in [2.75, 3.05) is 39.3 Å². The molecule has 0 aliphatic carbocycles. The van der Waals surface area contributed by atoms with Crippen LogP contribution in [-0.4, -0.2) is 61.2 Å². The first-order chi connectivity index (χ1) is 8.19. The zero-order valence-corrected chi connectivity index (χ0v) is 11.8. The van der Waals surface area contributed by atoms with Crippen LogP contribution in [0.4, 0.5) is 0 Å². The molecule has 0 aromatic carbocycles. The van der Waals surface area contributed by atoms with Crippen LogP contribution in [0.25, 0.3) is 0 Å². The van der Waals surface area contributed by atoms with Gasteiger partial charge < -0.3 is 10.2 Å². The van der Waals surface area contributed by atoms with Crippen LogP contribution in [0.5, 0.6) is 0 Å². The van der Waals surface area contributed by atoms with Crippen LogP contribution in [0.3, 0.4) is 0 Å². The van der Waals surface area contributed by atoms with E-state index >= 15 is 0 Å². The Bertz CT molecular complexity index is 230. The summed E-state index contributed by atoms with van der Waals surface area (Å²) in [5.41, 5.74) is 0. The molecular formula is C14H29N3. The summed E-state index contributed by atoms with van der Waals surface area (Å²) in [5, 5.41) is 3.78. The summed E-state index contributed by atoms with van der Waals surface area (Å²) in [7, 11) is 0. The molecule has 2 aliphatic rings. The van der Waals surface area contributed by atoms with Gasteiger partial charge in [0.1, 0.15) is 0 Å². The molecule has 2 unspecified atom stereocenters. The number of nitrogens with zero attached hydrogens (tertiary/aromatic N) is 2. The molecule has 2 saturated heterocycles. The Morgan fingerprint density at radius 3 is 2.59 bits per heavy atom. The lowest BCUT2D eigenvalue weighted by Gasteiger charge is -2.21. The average Bonchev–Trinajstić information content (AvgIpc) is 2.95. The van der Waals surface area contributed by atoms with Crippen molar-refractivity contribution < 1.29 is 0 Å². The molecule has 2 atom stereocenters. The topological polar surface area (TPSA) is 18.5 Å². The Hall–Kier alpha value is -0.120. The molecule has 17 heavy (non-hydrogen) atoms. The monoisotopic (exact) mass is 239 g/mol. The first-order valence-electron chi connectivity index (χ1n) is 7.38. The van der Waals surface area contributed by atoms with Crippen molar-refractivity contribution in [1.29, 1.82) is 0 Å². The first kappa shape index (κ1) is 13.3. The van der Waals surface area contributed by atoms with E-state index in [1.165, 1.54) is 52.1 Å². The Morgan fingerprint density at radius 1 is 1.18 bits per heavy atom. The number of nitrogens with one attached hydrogen (secondary N) is 1. The van der Waals surface area contributed by atoms with Crippen LogP contribution < -0.4 is 5.32 Å². The van der Waals surface area contributed by atoms with Crippen molar-refractivity contribution in [3.8, 4) is 0 Å². The molecule has 3 heteroatoms. The summed E-state index contributed by atoms with van der Waals surface area (Å²) < 4.78 is 0. The molecule has 0 saturated carbocycles. The number of hydrogen-bond donors (Lipinski definition) is 1. The number of likely N-dealkylation sites (tertiary alicyclic amines) is 2. The highest BCUT2D eigenvalue weighted by atomic mass is 15.2. The molecule has 100 valence electrons. The minimum absolute atomic E-state index is 0.712. The van der Waals surface area contributed by atoms with Crippen LogP contribution in [-0.2, 0) is 0 Å². The molecule has 3 nitrogen and oxygen atoms in total. The maximum Gasteiger partial charge on any atom is 0.0207 e. The molecule has 2 heterocycles. The average molecular weight is 239 g/mol. The highest BCUT2D eigenvalue weighted by Gasteiger charge is 2.26. The van der Waals surface area contributed by atoms with Gasteiger partial charge in [-0.15, -0.1) is 0 Å². The van der Waals surface area contributed by atoms with E-state index in [1.54, 1.807) is 0 Å². The van der Waals surface area contributed by atoms with Gasteiger partial charge in [-0.1, -0.05) is 6.92 Å². The maximum absolute atomic E-state index is 3.78. The van der Waals surface area contributed by atoms with E-state index in [9.17, 15) is 0 Å². The SMILES string of the molecule is CCN1CCC(CNC2CCN(C(C)C)C2)C1. The molecular weight excluding hydrogens is 210 g/mol. The fraction of sp³-hybridized carbons (Fsp3) is 1.00. The summed E-state index contributed by atoms with van der Waals surface area (Å²) in [6.07, 6.45) is 2.73. The van der Waals surface area contributed by atoms with Gasteiger partial charge in [0.05, 0.1) is 0 Å². The molecule has 0 bridgehead atoms. The van der Waals surface area contributed by atoms with Crippen LogP contribution in [0.15, 0.2) is 0 Å².